The van der Waals surface area contributed by atoms with E-state index >= 15 is 4.39 Å². The van der Waals surface area contributed by atoms with Crippen molar-refractivity contribution in [1.29, 1.82) is 0 Å². The quantitative estimate of drug-likeness (QED) is 0.0223. The average molecular weight is 760 g/mol. The first kappa shape index (κ1) is 40.4. The summed E-state index contributed by atoms with van der Waals surface area (Å²) in [6.07, 6.45) is 0.104. The van der Waals surface area contributed by atoms with Gasteiger partial charge in [0.2, 0.25) is 16.6 Å². The van der Waals surface area contributed by atoms with Gasteiger partial charge in [-0.05, 0) is 26.0 Å². The molecule has 51 heavy (non-hydrogen) atoms. The van der Waals surface area contributed by atoms with Gasteiger partial charge >= 0.3 is 5.97 Å². The summed E-state index contributed by atoms with van der Waals surface area (Å²) in [6, 6.07) is 3.87. The number of carbonyl (C=O) groups excluding carboxylic acids is 2. The Morgan fingerprint density at radius 1 is 1.33 bits per heavy atom. The minimum absolute atomic E-state index is 0.0350. The molecule has 0 radical (unpaired) electrons. The number of nitrogens with zero attached hydrogens (tertiary/aromatic N) is 5. The molecule has 2 aromatic heterocycles. The van der Waals surface area contributed by atoms with E-state index in [0.717, 1.165) is 17.4 Å². The summed E-state index contributed by atoms with van der Waals surface area (Å²) >= 11 is 0.936. The van der Waals surface area contributed by atoms with E-state index in [1.807, 2.05) is 0 Å². The molecule has 1 aliphatic heterocycles. The van der Waals surface area contributed by atoms with Gasteiger partial charge < -0.3 is 40.9 Å². The molecule has 0 aliphatic carbocycles. The lowest BCUT2D eigenvalue weighted by Gasteiger charge is -2.51. The number of carboxylic acids is 1. The van der Waals surface area contributed by atoms with Gasteiger partial charge in [-0.15, -0.1) is 16.0 Å². The largest absolute Gasteiger partial charge is 0.724 e. The van der Waals surface area contributed by atoms with Crippen molar-refractivity contribution >= 4 is 56.7 Å². The fourth-order valence-electron chi connectivity index (χ4n) is 4.71. The maximum Gasteiger partial charge on any atom is 0.351 e. The number of rotatable bonds is 16. The van der Waals surface area contributed by atoms with E-state index in [1.165, 1.54) is 31.4 Å². The van der Waals surface area contributed by atoms with Gasteiger partial charge in [0.05, 0.1) is 29.3 Å². The molecule has 1 saturated heterocycles. The number of carboxylic acid groups (broad SMARTS) is 2. The summed E-state index contributed by atoms with van der Waals surface area (Å²) < 4.78 is 61.0. The maximum absolute atomic E-state index is 15.1. The molecule has 1 aliphatic rings. The van der Waals surface area contributed by atoms with E-state index in [2.05, 4.69) is 14.4 Å². The minimum Gasteiger partial charge on any atom is -0.724 e. The second-order valence-corrected chi connectivity index (χ2v) is 13.1. The lowest BCUT2D eigenvalue weighted by Crippen LogP contribution is -2.68. The number of halogens is 1. The number of oxime groups is 1. The van der Waals surface area contributed by atoms with Crippen molar-refractivity contribution in [2.75, 3.05) is 18.9 Å². The third kappa shape index (κ3) is 10.2. The van der Waals surface area contributed by atoms with Gasteiger partial charge in [-0.1, -0.05) is 5.16 Å². The number of aliphatic hydroxyl groups is 1. The summed E-state index contributed by atoms with van der Waals surface area (Å²) in [5.41, 5.74) is 9.87. The molecule has 1 aromatic carbocycles. The van der Waals surface area contributed by atoms with Gasteiger partial charge in [-0.2, -0.15) is 14.0 Å². The van der Waals surface area contributed by atoms with E-state index in [1.54, 1.807) is 28.8 Å². The number of Topliss-reactive ketones (excluding diaryl/α,β-unsaturated/α-hetero) is 1. The molecule has 0 bridgehead atoms. The Labute approximate surface area is 293 Å². The number of ketones is 1. The van der Waals surface area contributed by atoms with E-state index < -0.39 is 76.3 Å². The number of anilines is 1. The Bertz CT molecular complexity index is 1900. The Morgan fingerprint density at radius 3 is 2.53 bits per heavy atom. The zero-order valence-electron chi connectivity index (χ0n) is 27.1. The number of aliphatic carboxylic acids is 1. The minimum atomic E-state index is -5.27. The SMILES string of the molecule is C[n+]1cc(-c2ccc(OC[C@H](O/N=C(\C(=O)C[C@@H]3C(=O)N(OS(=O)(=O)[O-])C3(C)C)c3csc(N)n3)C(=O)O)cc2F)cn1CC(O)CN.O=CO. The number of ether oxygens (including phenoxy) is 1. The number of benzene rings is 1. The zero-order valence-corrected chi connectivity index (χ0v) is 28.7. The number of nitrogens with two attached hydrogens (primary N) is 2. The number of hydroxylamine groups is 2. The number of hydrogen-bond acceptors (Lipinski definition) is 16. The highest BCUT2D eigenvalue weighted by molar-refractivity contribution is 7.80. The second-order valence-electron chi connectivity index (χ2n) is 11.2. The number of aromatic nitrogens is 3. The number of β-lactam (4-membered cyclic amide) rings is 1. The summed E-state index contributed by atoms with van der Waals surface area (Å²) in [5, 5.41) is 31.9. The lowest BCUT2D eigenvalue weighted by molar-refractivity contribution is -0.754. The first-order valence-corrected chi connectivity index (χ1v) is 16.7. The summed E-state index contributed by atoms with van der Waals surface area (Å²) in [5.74, 6) is -5.23. The number of nitrogen functional groups attached to an aromatic ring is 1. The molecule has 0 spiro atoms. The van der Waals surface area contributed by atoms with Gasteiger partial charge in [0.1, 0.15) is 30.4 Å². The molecule has 1 amide bonds. The molecule has 7 N–H and O–H groups in total. The van der Waals surface area contributed by atoms with Crippen LogP contribution in [0.2, 0.25) is 0 Å². The van der Waals surface area contributed by atoms with Crippen LogP contribution in [0.3, 0.4) is 0 Å². The van der Waals surface area contributed by atoms with Gasteiger partial charge in [0.25, 0.3) is 18.5 Å². The van der Waals surface area contributed by atoms with Crippen LogP contribution in [0.15, 0.2) is 41.1 Å². The van der Waals surface area contributed by atoms with Gasteiger partial charge in [0, 0.05) is 30.0 Å². The van der Waals surface area contributed by atoms with Crippen LogP contribution in [0.4, 0.5) is 9.52 Å². The summed E-state index contributed by atoms with van der Waals surface area (Å²) in [7, 11) is -3.56. The van der Waals surface area contributed by atoms with E-state index in [-0.39, 0.29) is 41.7 Å². The summed E-state index contributed by atoms with van der Waals surface area (Å²) in [6.45, 7) is 2.04. The van der Waals surface area contributed by atoms with Crippen LogP contribution < -0.4 is 20.9 Å². The van der Waals surface area contributed by atoms with E-state index in [9.17, 15) is 37.6 Å². The highest BCUT2D eigenvalue weighted by atomic mass is 32.3. The van der Waals surface area contributed by atoms with Crippen molar-refractivity contribution in [2.24, 2.45) is 23.9 Å². The Hall–Kier alpha value is -5.07. The zero-order chi connectivity index (χ0) is 38.3. The monoisotopic (exact) mass is 759 g/mol. The molecule has 3 aromatic rings. The predicted octanol–water partition coefficient (Wildman–Crippen LogP) is -0.981. The smallest absolute Gasteiger partial charge is 0.351 e. The number of carbonyl (C=O) groups is 4. The number of aliphatic hydroxyl groups excluding tert-OH is 1. The third-order valence-corrected chi connectivity index (χ3v) is 8.35. The van der Waals surface area contributed by atoms with Crippen molar-refractivity contribution in [3.8, 4) is 16.9 Å². The van der Waals surface area contributed by atoms with Gasteiger partial charge in [-0.25, -0.2) is 22.6 Å². The highest BCUT2D eigenvalue weighted by Crippen LogP contribution is 2.40. The van der Waals surface area contributed by atoms with Crippen LogP contribution >= 0.6 is 11.3 Å². The lowest BCUT2D eigenvalue weighted by atomic mass is 9.74. The molecular weight excluding hydrogens is 725 g/mol. The fraction of sp³-hybridized carbons (Fsp3) is 0.393. The molecule has 1 unspecified atom stereocenters. The molecule has 4 rings (SSSR count). The number of thiazole rings is 1. The van der Waals surface area contributed by atoms with Gasteiger partial charge in [0.15, 0.2) is 23.7 Å². The Balaban J connectivity index is 0.00000226. The van der Waals surface area contributed by atoms with E-state index in [4.69, 9.17) is 30.9 Å². The molecule has 1 fully saturated rings. The molecule has 23 heteroatoms. The van der Waals surface area contributed by atoms with Crippen LogP contribution in [-0.4, -0.2) is 104 Å². The number of aryl methyl sites for hydroxylation is 1. The van der Waals surface area contributed by atoms with Crippen LogP contribution in [0, 0.1) is 11.7 Å². The third-order valence-electron chi connectivity index (χ3n) is 7.35. The van der Waals surface area contributed by atoms with Crippen LogP contribution in [0.1, 0.15) is 26.0 Å². The first-order chi connectivity index (χ1) is 23.8. The van der Waals surface area contributed by atoms with Crippen molar-refractivity contribution in [3.63, 3.8) is 0 Å². The topological polar surface area (TPSA) is 303 Å². The van der Waals surface area contributed by atoms with Crippen molar-refractivity contribution in [3.05, 3.63) is 47.5 Å². The second kappa shape index (κ2) is 16.8. The Morgan fingerprint density at radius 2 is 2.00 bits per heavy atom. The van der Waals surface area contributed by atoms with Crippen LogP contribution in [0.5, 0.6) is 5.75 Å². The van der Waals surface area contributed by atoms with Crippen molar-refractivity contribution in [1.82, 2.24) is 14.7 Å². The number of amides is 1. The van der Waals surface area contributed by atoms with E-state index in [0.29, 0.717) is 10.6 Å². The van der Waals surface area contributed by atoms with Crippen molar-refractivity contribution < 1.29 is 70.4 Å². The maximum atomic E-state index is 15.1. The molecule has 278 valence electrons. The van der Waals surface area contributed by atoms with Gasteiger partial charge in [-0.3, -0.25) is 14.4 Å². The van der Waals surface area contributed by atoms with Crippen LogP contribution in [-0.2, 0) is 52.3 Å². The predicted molar refractivity (Wildman–Crippen MR) is 171 cm³/mol. The normalized spacial score (nSPS) is 16.7. The first-order valence-electron chi connectivity index (χ1n) is 14.5. The Kier molecular flexibility index (Phi) is 13.3. The molecule has 20 nitrogen and oxygen atoms in total. The standard InChI is InChI=1S/C27H32FN7O11S2.CH2O2/c1-27(2)18(24(38)35(27)46-48(41,42)43)7-21(37)23(20-13-47-26(30)31-20)32-45-22(25(39)40)12-44-16-4-5-17(19(28)6-16)14-9-33(3)34(10-14)11-15(36)8-29;2-1-3/h4-6,9-10,13,15,18,22,36H,7-8,11-12,29H2,1-3H3,(H3-,30,31,39,40,41,42,43);1H,(H,2,3)/b32-23-;/t15?,18-,22+;/m1./s1. The highest BCUT2D eigenvalue weighted by Gasteiger charge is 2.57. The number of hydrogen-bond donors (Lipinski definition) is 5. The molecule has 3 heterocycles. The summed E-state index contributed by atoms with van der Waals surface area (Å²) in [4.78, 5) is 55.3. The molecular formula is C28H34FN7O13S2. The van der Waals surface area contributed by atoms with Crippen molar-refractivity contribution in [2.45, 2.75) is 44.6 Å². The average Bonchev–Trinajstić information content (AvgIpc) is 3.64. The fourth-order valence-corrected chi connectivity index (χ4v) is 5.71. The molecule has 0 saturated carbocycles. The molecule has 3 atom stereocenters. The van der Waals surface area contributed by atoms with Crippen LogP contribution in [0.25, 0.3) is 11.1 Å².